The SMILES string of the molecule is CCC(CC)N(CCOC)CC(C)(CC)C(=O)O. The molecule has 4 heteroatoms. The molecule has 0 bridgehead atoms. The number of carboxylic acid groups (broad SMARTS) is 1. The summed E-state index contributed by atoms with van der Waals surface area (Å²) in [6.45, 7) is 10.1. The molecule has 0 aliphatic heterocycles. The van der Waals surface area contributed by atoms with Gasteiger partial charge in [0.25, 0.3) is 0 Å². The minimum atomic E-state index is -0.710. The summed E-state index contributed by atoms with van der Waals surface area (Å²) in [5.74, 6) is -0.710. The number of ether oxygens (including phenoxy) is 1. The molecule has 0 aromatic heterocycles. The summed E-state index contributed by atoms with van der Waals surface area (Å²) in [7, 11) is 1.68. The maximum absolute atomic E-state index is 11.4. The number of carboxylic acids is 1. The van der Waals surface area contributed by atoms with Gasteiger partial charge in [-0.05, 0) is 26.2 Å². The summed E-state index contributed by atoms with van der Waals surface area (Å²) < 4.78 is 5.13. The fraction of sp³-hybridized carbons (Fsp3) is 0.929. The Morgan fingerprint density at radius 2 is 1.89 bits per heavy atom. The standard InChI is InChI=1S/C14H29NO3/c1-6-12(7-2)15(9-10-18-5)11-14(4,8-3)13(16)17/h12H,6-11H2,1-5H3,(H,16,17). The second-order valence-corrected chi connectivity index (χ2v) is 5.15. The van der Waals surface area contributed by atoms with Gasteiger partial charge in [0.2, 0.25) is 0 Å². The number of methoxy groups -OCH3 is 1. The number of hydrogen-bond acceptors (Lipinski definition) is 3. The molecule has 4 nitrogen and oxygen atoms in total. The number of rotatable bonds is 10. The molecule has 1 unspecified atom stereocenters. The molecular weight excluding hydrogens is 230 g/mol. The van der Waals surface area contributed by atoms with Crippen LogP contribution >= 0.6 is 0 Å². The van der Waals surface area contributed by atoms with Crippen LogP contribution in [-0.4, -0.2) is 48.8 Å². The molecule has 108 valence electrons. The fourth-order valence-electron chi connectivity index (χ4n) is 2.18. The van der Waals surface area contributed by atoms with Gasteiger partial charge in [-0.1, -0.05) is 20.8 Å². The Kier molecular flexibility index (Phi) is 8.20. The van der Waals surface area contributed by atoms with E-state index in [4.69, 9.17) is 4.74 Å². The van der Waals surface area contributed by atoms with Gasteiger partial charge in [0.15, 0.2) is 0 Å². The Morgan fingerprint density at radius 1 is 1.33 bits per heavy atom. The van der Waals surface area contributed by atoms with Crippen LogP contribution in [0.3, 0.4) is 0 Å². The van der Waals surface area contributed by atoms with Crippen molar-refractivity contribution in [2.75, 3.05) is 26.8 Å². The average molecular weight is 259 g/mol. The highest BCUT2D eigenvalue weighted by Gasteiger charge is 2.34. The van der Waals surface area contributed by atoms with Gasteiger partial charge < -0.3 is 9.84 Å². The fourth-order valence-corrected chi connectivity index (χ4v) is 2.18. The Balaban J connectivity index is 4.79. The van der Waals surface area contributed by atoms with Crippen molar-refractivity contribution in [2.24, 2.45) is 5.41 Å². The van der Waals surface area contributed by atoms with E-state index in [0.29, 0.717) is 25.6 Å². The van der Waals surface area contributed by atoms with Crippen LogP contribution in [0.1, 0.15) is 47.0 Å². The largest absolute Gasteiger partial charge is 0.481 e. The average Bonchev–Trinajstić information content (AvgIpc) is 2.36. The third-order valence-electron chi connectivity index (χ3n) is 3.89. The Hall–Kier alpha value is -0.610. The number of carbonyl (C=O) groups is 1. The molecule has 0 aromatic rings. The van der Waals surface area contributed by atoms with E-state index < -0.39 is 11.4 Å². The molecule has 0 heterocycles. The molecular formula is C14H29NO3. The van der Waals surface area contributed by atoms with E-state index in [1.165, 1.54) is 0 Å². The van der Waals surface area contributed by atoms with E-state index >= 15 is 0 Å². The van der Waals surface area contributed by atoms with Crippen LogP contribution in [0, 0.1) is 5.41 Å². The second-order valence-electron chi connectivity index (χ2n) is 5.15. The molecule has 0 aliphatic rings. The van der Waals surface area contributed by atoms with Crippen LogP contribution in [0.15, 0.2) is 0 Å². The van der Waals surface area contributed by atoms with Crippen molar-refractivity contribution < 1.29 is 14.6 Å². The molecule has 0 saturated heterocycles. The van der Waals surface area contributed by atoms with E-state index in [1.807, 2.05) is 13.8 Å². The highest BCUT2D eigenvalue weighted by molar-refractivity contribution is 5.74. The van der Waals surface area contributed by atoms with Gasteiger partial charge in [-0.15, -0.1) is 0 Å². The van der Waals surface area contributed by atoms with Crippen molar-refractivity contribution in [1.29, 1.82) is 0 Å². The summed E-state index contributed by atoms with van der Waals surface area (Å²) in [6.07, 6.45) is 2.73. The molecule has 1 N–H and O–H groups in total. The van der Waals surface area contributed by atoms with Gasteiger partial charge in [-0.2, -0.15) is 0 Å². The first-order valence-corrected chi connectivity index (χ1v) is 6.91. The van der Waals surface area contributed by atoms with E-state index in [0.717, 1.165) is 19.4 Å². The van der Waals surface area contributed by atoms with Crippen LogP contribution in [0.4, 0.5) is 0 Å². The first kappa shape index (κ1) is 17.4. The van der Waals surface area contributed by atoms with Crippen LogP contribution in [0.25, 0.3) is 0 Å². The zero-order valence-corrected chi connectivity index (χ0v) is 12.5. The lowest BCUT2D eigenvalue weighted by Gasteiger charge is -2.36. The monoisotopic (exact) mass is 259 g/mol. The first-order valence-electron chi connectivity index (χ1n) is 6.91. The summed E-state index contributed by atoms with van der Waals surface area (Å²) in [5, 5.41) is 9.38. The van der Waals surface area contributed by atoms with E-state index in [1.54, 1.807) is 7.11 Å². The molecule has 0 aromatic carbocycles. The van der Waals surface area contributed by atoms with Crippen molar-refractivity contribution in [3.63, 3.8) is 0 Å². The molecule has 0 aliphatic carbocycles. The van der Waals surface area contributed by atoms with Crippen molar-refractivity contribution in [3.05, 3.63) is 0 Å². The van der Waals surface area contributed by atoms with Gasteiger partial charge in [0.1, 0.15) is 0 Å². The maximum Gasteiger partial charge on any atom is 0.310 e. The minimum absolute atomic E-state index is 0.436. The van der Waals surface area contributed by atoms with Gasteiger partial charge in [-0.3, -0.25) is 9.69 Å². The summed E-state index contributed by atoms with van der Waals surface area (Å²) in [6, 6.07) is 0.436. The third-order valence-corrected chi connectivity index (χ3v) is 3.89. The summed E-state index contributed by atoms with van der Waals surface area (Å²) >= 11 is 0. The van der Waals surface area contributed by atoms with Gasteiger partial charge in [0, 0.05) is 26.2 Å². The quantitative estimate of drug-likeness (QED) is 0.655. The predicted molar refractivity (Wildman–Crippen MR) is 73.9 cm³/mol. The number of nitrogens with zero attached hydrogens (tertiary/aromatic N) is 1. The molecule has 0 fully saturated rings. The van der Waals surface area contributed by atoms with Crippen LogP contribution < -0.4 is 0 Å². The second kappa shape index (κ2) is 8.48. The predicted octanol–water partition coefficient (Wildman–Crippen LogP) is 2.62. The van der Waals surface area contributed by atoms with Crippen LogP contribution in [0.5, 0.6) is 0 Å². The minimum Gasteiger partial charge on any atom is -0.481 e. The Bertz CT molecular complexity index is 241. The molecule has 0 amide bonds. The van der Waals surface area contributed by atoms with Gasteiger partial charge in [0.05, 0.1) is 12.0 Å². The van der Waals surface area contributed by atoms with Crippen molar-refractivity contribution in [1.82, 2.24) is 4.90 Å². The van der Waals surface area contributed by atoms with E-state index in [9.17, 15) is 9.90 Å². The highest BCUT2D eigenvalue weighted by Crippen LogP contribution is 2.25. The first-order chi connectivity index (χ1) is 8.45. The molecule has 18 heavy (non-hydrogen) atoms. The van der Waals surface area contributed by atoms with Crippen LogP contribution in [0.2, 0.25) is 0 Å². The lowest BCUT2D eigenvalue weighted by molar-refractivity contribution is -0.149. The smallest absolute Gasteiger partial charge is 0.310 e. The van der Waals surface area contributed by atoms with Crippen molar-refractivity contribution >= 4 is 5.97 Å². The van der Waals surface area contributed by atoms with Gasteiger partial charge in [-0.25, -0.2) is 0 Å². The number of hydrogen-bond donors (Lipinski definition) is 1. The Labute approximate surface area is 111 Å². The summed E-state index contributed by atoms with van der Waals surface area (Å²) in [5.41, 5.74) is -0.670. The molecule has 0 spiro atoms. The maximum atomic E-state index is 11.4. The van der Waals surface area contributed by atoms with Crippen molar-refractivity contribution in [2.45, 2.75) is 53.0 Å². The summed E-state index contributed by atoms with van der Waals surface area (Å²) in [4.78, 5) is 13.7. The van der Waals surface area contributed by atoms with E-state index in [-0.39, 0.29) is 0 Å². The molecule has 1 atom stereocenters. The number of aliphatic carboxylic acids is 1. The zero-order chi connectivity index (χ0) is 14.2. The lowest BCUT2D eigenvalue weighted by atomic mass is 9.86. The molecule has 0 rings (SSSR count). The lowest BCUT2D eigenvalue weighted by Crippen LogP contribution is -2.46. The molecule has 0 saturated carbocycles. The molecule has 0 radical (unpaired) electrons. The zero-order valence-electron chi connectivity index (χ0n) is 12.5. The van der Waals surface area contributed by atoms with Crippen molar-refractivity contribution in [3.8, 4) is 0 Å². The van der Waals surface area contributed by atoms with Gasteiger partial charge >= 0.3 is 5.97 Å². The Morgan fingerprint density at radius 3 is 2.22 bits per heavy atom. The third kappa shape index (κ3) is 4.94. The highest BCUT2D eigenvalue weighted by atomic mass is 16.5. The van der Waals surface area contributed by atoms with Crippen LogP contribution in [-0.2, 0) is 9.53 Å². The normalized spacial score (nSPS) is 15.1. The topological polar surface area (TPSA) is 49.8 Å². The van der Waals surface area contributed by atoms with E-state index in [2.05, 4.69) is 18.7 Å².